The van der Waals surface area contributed by atoms with Crippen molar-refractivity contribution in [2.45, 2.75) is 18.7 Å². The summed E-state index contributed by atoms with van der Waals surface area (Å²) in [5, 5.41) is 4.78. The van der Waals surface area contributed by atoms with Gasteiger partial charge in [-0.3, -0.25) is 4.72 Å². The van der Waals surface area contributed by atoms with Gasteiger partial charge >= 0.3 is 0 Å². The number of hydrazone groups is 1. The Kier molecular flexibility index (Phi) is 4.50. The summed E-state index contributed by atoms with van der Waals surface area (Å²) in [4.78, 5) is 0.192. The molecule has 0 aliphatic heterocycles. The number of hydrogen-bond acceptors (Lipinski definition) is 5. The first-order valence-corrected chi connectivity index (χ1v) is 9.23. The molecule has 0 aliphatic carbocycles. The number of anilines is 1. The zero-order valence-corrected chi connectivity index (χ0v) is 15.0. The van der Waals surface area contributed by atoms with Gasteiger partial charge in [-0.2, -0.15) is 5.10 Å². The van der Waals surface area contributed by atoms with Crippen molar-refractivity contribution >= 4 is 32.4 Å². The van der Waals surface area contributed by atoms with Crippen molar-refractivity contribution in [3.63, 3.8) is 0 Å². The van der Waals surface area contributed by atoms with E-state index in [0.717, 1.165) is 5.56 Å². The number of rotatable bonds is 5. The standard InChI is InChI=1S/C18H19N3O3S/c1-12-8-10-14(11-9-12)25(22,23)21-17-15-6-4-5-7-16(15)24-18(17)13(2)20-19-3/h4-11,19,21H,1-3H3/b20-13+. The third kappa shape index (κ3) is 3.36. The molecule has 0 spiro atoms. The van der Waals surface area contributed by atoms with Gasteiger partial charge in [0.15, 0.2) is 5.76 Å². The molecule has 0 fully saturated rings. The van der Waals surface area contributed by atoms with Gasteiger partial charge in [-0.05, 0) is 38.1 Å². The monoisotopic (exact) mass is 357 g/mol. The summed E-state index contributed by atoms with van der Waals surface area (Å²) in [7, 11) is -2.08. The fourth-order valence-electron chi connectivity index (χ4n) is 2.53. The number of fused-ring (bicyclic) bond motifs is 1. The maximum atomic E-state index is 12.8. The smallest absolute Gasteiger partial charge is 0.262 e. The van der Waals surface area contributed by atoms with Crippen molar-refractivity contribution < 1.29 is 12.8 Å². The number of furan rings is 1. The van der Waals surface area contributed by atoms with E-state index in [4.69, 9.17) is 4.42 Å². The average molecular weight is 357 g/mol. The molecule has 6 nitrogen and oxygen atoms in total. The Morgan fingerprint density at radius 2 is 1.76 bits per heavy atom. The predicted molar refractivity (Wildman–Crippen MR) is 99.5 cm³/mol. The second kappa shape index (κ2) is 6.60. The third-order valence-corrected chi connectivity index (χ3v) is 5.14. The molecule has 0 amide bonds. The minimum absolute atomic E-state index is 0.192. The topological polar surface area (TPSA) is 83.7 Å². The molecule has 0 radical (unpaired) electrons. The summed E-state index contributed by atoms with van der Waals surface area (Å²) in [5.74, 6) is 0.381. The van der Waals surface area contributed by atoms with Crippen LogP contribution in [-0.4, -0.2) is 21.2 Å². The third-order valence-electron chi connectivity index (χ3n) is 3.77. The highest BCUT2D eigenvalue weighted by Gasteiger charge is 2.22. The molecule has 1 aromatic heterocycles. The molecule has 0 saturated heterocycles. The zero-order valence-electron chi connectivity index (χ0n) is 14.2. The Morgan fingerprint density at radius 1 is 1.08 bits per heavy atom. The quantitative estimate of drug-likeness (QED) is 0.541. The van der Waals surface area contributed by atoms with Gasteiger partial charge in [0.05, 0.1) is 4.90 Å². The summed E-state index contributed by atoms with van der Waals surface area (Å²) in [6, 6.07) is 13.9. The number of para-hydroxylation sites is 1. The van der Waals surface area contributed by atoms with Gasteiger partial charge in [0.1, 0.15) is 17.0 Å². The Labute approximate surface area is 146 Å². The molecule has 0 aliphatic rings. The highest BCUT2D eigenvalue weighted by atomic mass is 32.2. The first kappa shape index (κ1) is 17.0. The summed E-state index contributed by atoms with van der Waals surface area (Å²) in [6.07, 6.45) is 0. The van der Waals surface area contributed by atoms with Crippen molar-refractivity contribution in [2.24, 2.45) is 5.10 Å². The highest BCUT2D eigenvalue weighted by Crippen LogP contribution is 2.33. The van der Waals surface area contributed by atoms with E-state index < -0.39 is 10.0 Å². The van der Waals surface area contributed by atoms with E-state index in [-0.39, 0.29) is 4.90 Å². The molecule has 0 atom stereocenters. The van der Waals surface area contributed by atoms with Crippen LogP contribution in [0.1, 0.15) is 18.2 Å². The van der Waals surface area contributed by atoms with E-state index in [0.29, 0.717) is 28.1 Å². The first-order chi connectivity index (χ1) is 11.9. The van der Waals surface area contributed by atoms with E-state index in [2.05, 4.69) is 15.2 Å². The fraction of sp³-hybridized carbons (Fsp3) is 0.167. The van der Waals surface area contributed by atoms with E-state index in [1.54, 1.807) is 44.3 Å². The Balaban J connectivity index is 2.12. The number of aryl methyl sites for hydroxylation is 1. The molecule has 1 heterocycles. The molecule has 3 rings (SSSR count). The summed E-state index contributed by atoms with van der Waals surface area (Å²) in [5.41, 5.74) is 5.19. The van der Waals surface area contributed by atoms with Crippen molar-refractivity contribution in [1.29, 1.82) is 0 Å². The molecule has 0 bridgehead atoms. The SMILES string of the molecule is CN/N=C(\C)c1oc2ccccc2c1NS(=O)(=O)c1ccc(C)cc1. The van der Waals surface area contributed by atoms with Crippen LogP contribution in [0, 0.1) is 6.92 Å². The predicted octanol–water partition coefficient (Wildman–Crippen LogP) is 3.49. The van der Waals surface area contributed by atoms with Crippen LogP contribution in [0.5, 0.6) is 0 Å². The molecule has 2 aromatic carbocycles. The van der Waals surface area contributed by atoms with Crippen LogP contribution in [0.3, 0.4) is 0 Å². The number of nitrogens with zero attached hydrogens (tertiary/aromatic N) is 1. The minimum atomic E-state index is -3.75. The number of nitrogens with one attached hydrogen (secondary N) is 2. The van der Waals surface area contributed by atoms with Gasteiger partial charge in [0, 0.05) is 12.4 Å². The Hall–Kier alpha value is -2.80. The molecular formula is C18H19N3O3S. The maximum absolute atomic E-state index is 12.8. The van der Waals surface area contributed by atoms with E-state index in [9.17, 15) is 8.42 Å². The van der Waals surface area contributed by atoms with Crippen molar-refractivity contribution in [3.05, 3.63) is 59.9 Å². The fourth-order valence-corrected chi connectivity index (χ4v) is 3.61. The van der Waals surface area contributed by atoms with Crippen LogP contribution in [0.15, 0.2) is 62.9 Å². The zero-order chi connectivity index (χ0) is 18.0. The lowest BCUT2D eigenvalue weighted by molar-refractivity contribution is 0.597. The second-order valence-corrected chi connectivity index (χ2v) is 7.32. The molecule has 130 valence electrons. The summed E-state index contributed by atoms with van der Waals surface area (Å²) >= 11 is 0. The molecular weight excluding hydrogens is 338 g/mol. The summed E-state index contributed by atoms with van der Waals surface area (Å²) in [6.45, 7) is 3.65. The van der Waals surface area contributed by atoms with Gasteiger partial charge in [0.2, 0.25) is 0 Å². The maximum Gasteiger partial charge on any atom is 0.262 e. The van der Waals surface area contributed by atoms with Crippen molar-refractivity contribution in [3.8, 4) is 0 Å². The number of sulfonamides is 1. The lowest BCUT2D eigenvalue weighted by Gasteiger charge is -2.09. The van der Waals surface area contributed by atoms with Gasteiger partial charge in [-0.25, -0.2) is 8.42 Å². The number of hydrogen-bond donors (Lipinski definition) is 2. The highest BCUT2D eigenvalue weighted by molar-refractivity contribution is 7.92. The van der Waals surface area contributed by atoms with Crippen LogP contribution in [0.25, 0.3) is 11.0 Å². The normalized spacial score (nSPS) is 12.4. The van der Waals surface area contributed by atoms with Gasteiger partial charge in [0.25, 0.3) is 10.0 Å². The largest absolute Gasteiger partial charge is 0.452 e. The second-order valence-electron chi connectivity index (χ2n) is 5.64. The van der Waals surface area contributed by atoms with Crippen LogP contribution < -0.4 is 10.1 Å². The molecule has 2 N–H and O–H groups in total. The van der Waals surface area contributed by atoms with E-state index in [1.165, 1.54) is 0 Å². The van der Waals surface area contributed by atoms with Crippen molar-refractivity contribution in [2.75, 3.05) is 11.8 Å². The van der Waals surface area contributed by atoms with Crippen LogP contribution in [0.2, 0.25) is 0 Å². The Bertz CT molecular complexity index is 1040. The minimum Gasteiger partial charge on any atom is -0.452 e. The van der Waals surface area contributed by atoms with Crippen LogP contribution in [0.4, 0.5) is 5.69 Å². The van der Waals surface area contributed by atoms with Crippen molar-refractivity contribution in [1.82, 2.24) is 5.43 Å². The van der Waals surface area contributed by atoms with Crippen LogP contribution >= 0.6 is 0 Å². The average Bonchev–Trinajstić information content (AvgIpc) is 2.94. The molecule has 25 heavy (non-hydrogen) atoms. The van der Waals surface area contributed by atoms with Gasteiger partial charge in [-0.1, -0.05) is 29.8 Å². The van der Waals surface area contributed by atoms with Gasteiger partial charge in [-0.15, -0.1) is 0 Å². The Morgan fingerprint density at radius 3 is 2.44 bits per heavy atom. The first-order valence-electron chi connectivity index (χ1n) is 7.75. The molecule has 0 saturated carbocycles. The lowest BCUT2D eigenvalue weighted by Crippen LogP contribution is -2.15. The number of benzene rings is 2. The van der Waals surface area contributed by atoms with E-state index in [1.807, 2.05) is 25.1 Å². The molecule has 7 heteroatoms. The molecule has 3 aromatic rings. The van der Waals surface area contributed by atoms with Crippen LogP contribution in [-0.2, 0) is 10.0 Å². The van der Waals surface area contributed by atoms with Gasteiger partial charge < -0.3 is 9.84 Å². The molecule has 0 unspecified atom stereocenters. The summed E-state index contributed by atoms with van der Waals surface area (Å²) < 4.78 is 34.0. The lowest BCUT2D eigenvalue weighted by atomic mass is 10.2. The van der Waals surface area contributed by atoms with E-state index >= 15 is 0 Å².